The van der Waals surface area contributed by atoms with Gasteiger partial charge >= 0.3 is 0 Å². The topological polar surface area (TPSA) is 94.8 Å². The Balaban J connectivity index is 2.40. The van der Waals surface area contributed by atoms with Crippen molar-refractivity contribution in [1.29, 1.82) is 0 Å². The maximum Gasteiger partial charge on any atom is 0.198 e. The summed E-state index contributed by atoms with van der Waals surface area (Å²) in [6.07, 6.45) is 8.51. The Kier molecular flexibility index (Phi) is 11.0. The molecule has 3 unspecified atom stereocenters. The fourth-order valence-electron chi connectivity index (χ4n) is 3.82. The second-order valence-corrected chi connectivity index (χ2v) is 8.46. The van der Waals surface area contributed by atoms with Gasteiger partial charge in [0.15, 0.2) is 11.6 Å². The van der Waals surface area contributed by atoms with Crippen molar-refractivity contribution in [3.63, 3.8) is 0 Å². The molecule has 0 radical (unpaired) electrons. The van der Waals surface area contributed by atoms with Gasteiger partial charge in [0.1, 0.15) is 0 Å². The Bertz CT molecular complexity index is 485. The Labute approximate surface area is 163 Å². The van der Waals surface area contributed by atoms with E-state index in [-0.39, 0.29) is 29.8 Å². The zero-order valence-electron chi connectivity index (χ0n) is 17.1. The molecule has 0 spiro atoms. The van der Waals surface area contributed by atoms with Crippen LogP contribution < -0.4 is 0 Å². The number of aliphatic hydroxyl groups is 3. The molecule has 5 nitrogen and oxygen atoms in total. The monoisotopic (exact) mass is 382 g/mol. The van der Waals surface area contributed by atoms with Crippen molar-refractivity contribution in [1.82, 2.24) is 0 Å². The zero-order chi connectivity index (χ0) is 20.4. The van der Waals surface area contributed by atoms with Gasteiger partial charge in [-0.25, -0.2) is 0 Å². The molecule has 27 heavy (non-hydrogen) atoms. The molecule has 0 aromatic heterocycles. The third-order valence-corrected chi connectivity index (χ3v) is 5.62. The van der Waals surface area contributed by atoms with Crippen LogP contribution in [0.5, 0.6) is 0 Å². The molecule has 1 saturated carbocycles. The maximum atomic E-state index is 11.3. The van der Waals surface area contributed by atoms with Crippen LogP contribution in [0.2, 0.25) is 0 Å². The van der Waals surface area contributed by atoms with Gasteiger partial charge in [0.2, 0.25) is 0 Å². The summed E-state index contributed by atoms with van der Waals surface area (Å²) in [5, 5.41) is 30.9. The third-order valence-electron chi connectivity index (χ3n) is 5.62. The van der Waals surface area contributed by atoms with E-state index in [4.69, 9.17) is 0 Å². The number of carbonyl (C=O) groups is 2. The maximum absolute atomic E-state index is 11.3. The molecule has 0 heterocycles. The first kappa shape index (κ1) is 24.0. The molecule has 0 aliphatic heterocycles. The molecular weight excluding hydrogens is 344 g/mol. The lowest BCUT2D eigenvalue weighted by atomic mass is 9.86. The SMILES string of the molecule is CC(=O)C(=O)CCCCCC(O)[C@H]1CCC(O)[C@@H]1C=CC(O)CCC(C)C. The minimum absolute atomic E-state index is 0.00685. The molecule has 0 amide bonds. The quantitative estimate of drug-likeness (QED) is 0.258. The van der Waals surface area contributed by atoms with Gasteiger partial charge in [-0.2, -0.15) is 0 Å². The molecule has 1 aliphatic carbocycles. The van der Waals surface area contributed by atoms with Crippen LogP contribution >= 0.6 is 0 Å². The molecule has 0 aromatic rings. The normalized spacial score (nSPS) is 25.2. The first-order valence-electron chi connectivity index (χ1n) is 10.5. The lowest BCUT2D eigenvalue weighted by Crippen LogP contribution is -2.27. The molecule has 5 heteroatoms. The smallest absolute Gasteiger partial charge is 0.198 e. The highest BCUT2D eigenvalue weighted by Gasteiger charge is 2.37. The lowest BCUT2D eigenvalue weighted by Gasteiger charge is -2.24. The Hall–Kier alpha value is -1.04. The minimum atomic E-state index is -0.503. The number of ketones is 2. The summed E-state index contributed by atoms with van der Waals surface area (Å²) in [6, 6.07) is 0. The molecule has 1 rings (SSSR count). The van der Waals surface area contributed by atoms with Gasteiger partial charge < -0.3 is 15.3 Å². The molecule has 1 fully saturated rings. The molecule has 5 atom stereocenters. The minimum Gasteiger partial charge on any atom is -0.393 e. The van der Waals surface area contributed by atoms with E-state index in [9.17, 15) is 24.9 Å². The number of hydrogen-bond donors (Lipinski definition) is 3. The van der Waals surface area contributed by atoms with E-state index < -0.39 is 18.3 Å². The van der Waals surface area contributed by atoms with Crippen molar-refractivity contribution in [2.24, 2.45) is 17.8 Å². The summed E-state index contributed by atoms with van der Waals surface area (Å²) in [7, 11) is 0. The van der Waals surface area contributed by atoms with E-state index in [0.29, 0.717) is 31.6 Å². The van der Waals surface area contributed by atoms with Gasteiger partial charge in [-0.3, -0.25) is 9.59 Å². The van der Waals surface area contributed by atoms with Gasteiger partial charge in [0.05, 0.1) is 18.3 Å². The Morgan fingerprint density at radius 3 is 2.37 bits per heavy atom. The van der Waals surface area contributed by atoms with E-state index in [2.05, 4.69) is 13.8 Å². The molecule has 156 valence electrons. The molecule has 0 saturated heterocycles. The van der Waals surface area contributed by atoms with E-state index in [1.165, 1.54) is 6.92 Å². The number of hydrogen-bond acceptors (Lipinski definition) is 5. The van der Waals surface area contributed by atoms with E-state index in [1.807, 2.05) is 6.08 Å². The van der Waals surface area contributed by atoms with E-state index >= 15 is 0 Å². The highest BCUT2D eigenvalue weighted by atomic mass is 16.3. The predicted molar refractivity (Wildman–Crippen MR) is 106 cm³/mol. The molecular formula is C22H38O5. The van der Waals surface area contributed by atoms with Crippen LogP contribution in [0.4, 0.5) is 0 Å². The first-order valence-corrected chi connectivity index (χ1v) is 10.5. The van der Waals surface area contributed by atoms with Gasteiger partial charge in [0, 0.05) is 19.3 Å². The van der Waals surface area contributed by atoms with Crippen LogP contribution in [0.1, 0.15) is 78.6 Å². The second-order valence-electron chi connectivity index (χ2n) is 8.46. The van der Waals surface area contributed by atoms with Gasteiger partial charge in [-0.05, 0) is 50.4 Å². The summed E-state index contributed by atoms with van der Waals surface area (Å²) in [6.45, 7) is 5.55. The summed E-state index contributed by atoms with van der Waals surface area (Å²) in [4.78, 5) is 22.2. The van der Waals surface area contributed by atoms with Crippen LogP contribution in [-0.2, 0) is 9.59 Å². The Morgan fingerprint density at radius 2 is 1.74 bits per heavy atom. The third kappa shape index (κ3) is 9.13. The van der Waals surface area contributed by atoms with Crippen molar-refractivity contribution in [3.05, 3.63) is 12.2 Å². The van der Waals surface area contributed by atoms with Crippen LogP contribution in [0.25, 0.3) is 0 Å². The van der Waals surface area contributed by atoms with Crippen LogP contribution in [-0.4, -0.2) is 45.2 Å². The predicted octanol–water partition coefficient (Wildman–Crippen LogP) is 3.20. The summed E-state index contributed by atoms with van der Waals surface area (Å²) in [5.41, 5.74) is 0. The number of aliphatic hydroxyl groups excluding tert-OH is 3. The first-order chi connectivity index (χ1) is 12.7. The molecule has 0 aromatic carbocycles. The largest absolute Gasteiger partial charge is 0.393 e. The lowest BCUT2D eigenvalue weighted by molar-refractivity contribution is -0.135. The average molecular weight is 383 g/mol. The molecule has 3 N–H and O–H groups in total. The highest BCUT2D eigenvalue weighted by molar-refractivity contribution is 6.36. The van der Waals surface area contributed by atoms with E-state index in [0.717, 1.165) is 25.7 Å². The molecule has 1 aliphatic rings. The van der Waals surface area contributed by atoms with E-state index in [1.54, 1.807) is 6.08 Å². The van der Waals surface area contributed by atoms with Gasteiger partial charge in [0.25, 0.3) is 0 Å². The Morgan fingerprint density at radius 1 is 1.04 bits per heavy atom. The van der Waals surface area contributed by atoms with Crippen LogP contribution in [0.15, 0.2) is 12.2 Å². The van der Waals surface area contributed by atoms with Gasteiger partial charge in [-0.15, -0.1) is 0 Å². The average Bonchev–Trinajstić information content (AvgIpc) is 2.98. The number of carbonyl (C=O) groups excluding carboxylic acids is 2. The van der Waals surface area contributed by atoms with Crippen molar-refractivity contribution in [2.45, 2.75) is 96.9 Å². The van der Waals surface area contributed by atoms with Gasteiger partial charge in [-0.1, -0.05) is 38.8 Å². The summed E-state index contributed by atoms with van der Waals surface area (Å²) < 4.78 is 0. The fourth-order valence-corrected chi connectivity index (χ4v) is 3.82. The van der Waals surface area contributed by atoms with Crippen molar-refractivity contribution < 1.29 is 24.9 Å². The van der Waals surface area contributed by atoms with Crippen LogP contribution in [0.3, 0.4) is 0 Å². The molecule has 0 bridgehead atoms. The fraction of sp³-hybridized carbons (Fsp3) is 0.818. The van der Waals surface area contributed by atoms with Crippen molar-refractivity contribution >= 4 is 11.6 Å². The standard InChI is InChI=1S/C22H38O5/c1-15(2)9-10-17(24)11-12-18-19(13-14-22(18)27)21(26)8-6-4-5-7-20(25)16(3)23/h11-12,15,17-19,21-22,24,26-27H,4-10,13-14H2,1-3H3/t17?,18-,19+,21?,22?/m1/s1. The van der Waals surface area contributed by atoms with Crippen molar-refractivity contribution in [3.8, 4) is 0 Å². The van der Waals surface area contributed by atoms with Crippen LogP contribution in [0, 0.1) is 17.8 Å². The zero-order valence-corrected chi connectivity index (χ0v) is 17.1. The second kappa shape index (κ2) is 12.4. The number of Topliss-reactive ketones (excluding diaryl/α,β-unsaturated/α-hetero) is 2. The van der Waals surface area contributed by atoms with Crippen molar-refractivity contribution in [2.75, 3.05) is 0 Å². The summed E-state index contributed by atoms with van der Waals surface area (Å²) in [5.74, 6) is -0.276. The highest BCUT2D eigenvalue weighted by Crippen LogP contribution is 2.37. The number of unbranched alkanes of at least 4 members (excludes halogenated alkanes) is 2. The number of rotatable bonds is 13. The summed E-state index contributed by atoms with van der Waals surface area (Å²) >= 11 is 0.